The third-order valence-corrected chi connectivity index (χ3v) is 2.35. The van der Waals surface area contributed by atoms with E-state index in [4.69, 9.17) is 22.0 Å². The summed E-state index contributed by atoms with van der Waals surface area (Å²) in [4.78, 5) is 10.9. The number of hydrogen-bond acceptors (Lipinski definition) is 3. The minimum Gasteiger partial charge on any atom is -0.481 e. The second-order valence-corrected chi connectivity index (χ2v) is 3.53. The Kier molecular flexibility index (Phi) is 3.39. The number of nitriles is 1. The van der Waals surface area contributed by atoms with Crippen LogP contribution >= 0.6 is 24.2 Å². The van der Waals surface area contributed by atoms with E-state index >= 15 is 0 Å². The number of carboxylic acids is 1. The molecule has 0 saturated carbocycles. The van der Waals surface area contributed by atoms with Crippen LogP contribution < -0.4 is 0 Å². The smallest absolute Gasteiger partial charge is 0.307 e. The Morgan fingerprint density at radius 2 is 2.29 bits per heavy atom. The summed E-state index contributed by atoms with van der Waals surface area (Å²) in [5, 5.41) is 17.5. The van der Waals surface area contributed by atoms with Gasteiger partial charge in [-0.2, -0.15) is 5.26 Å². The molecule has 0 radical (unpaired) electrons. The molecular weight excluding hydrogens is 222 g/mol. The largest absolute Gasteiger partial charge is 0.481 e. The highest BCUT2D eigenvalue weighted by Crippen LogP contribution is 2.24. The first kappa shape index (κ1) is 10.9. The Morgan fingerprint density at radius 1 is 1.64 bits per heavy atom. The third kappa shape index (κ3) is 2.41. The molecule has 0 saturated heterocycles. The fourth-order valence-electron chi connectivity index (χ4n) is 0.993. The van der Waals surface area contributed by atoms with Gasteiger partial charge in [0.15, 0.2) is 0 Å². The van der Waals surface area contributed by atoms with Crippen LogP contribution in [0.2, 0.25) is 5.02 Å². The van der Waals surface area contributed by atoms with Crippen LogP contribution in [0.3, 0.4) is 0 Å². The van der Waals surface area contributed by atoms with Gasteiger partial charge < -0.3 is 5.11 Å². The minimum absolute atomic E-state index is 0.169. The Balaban J connectivity index is 3.16. The van der Waals surface area contributed by atoms with Crippen molar-refractivity contribution in [2.45, 2.75) is 11.3 Å². The highest BCUT2D eigenvalue weighted by Gasteiger charge is 2.09. The minimum atomic E-state index is -0.968. The van der Waals surface area contributed by atoms with E-state index in [1.54, 1.807) is 0 Å². The SMILES string of the molecule is N#Cc1cc(Cl)c(CC(=O)O)cc1S. The molecule has 0 aliphatic rings. The van der Waals surface area contributed by atoms with Gasteiger partial charge in [0.2, 0.25) is 0 Å². The molecular formula is C9H6ClNO2S. The summed E-state index contributed by atoms with van der Waals surface area (Å²) < 4.78 is 0. The quantitative estimate of drug-likeness (QED) is 0.761. The molecule has 72 valence electrons. The number of carbonyl (C=O) groups is 1. The van der Waals surface area contributed by atoms with Gasteiger partial charge in [-0.25, -0.2) is 0 Å². The molecule has 0 aliphatic carbocycles. The maximum atomic E-state index is 10.4. The van der Waals surface area contributed by atoms with Gasteiger partial charge in [-0.15, -0.1) is 12.6 Å². The van der Waals surface area contributed by atoms with E-state index in [9.17, 15) is 4.79 Å². The van der Waals surface area contributed by atoms with Gasteiger partial charge in [0.25, 0.3) is 0 Å². The van der Waals surface area contributed by atoms with Crippen LogP contribution in [0, 0.1) is 11.3 Å². The summed E-state index contributed by atoms with van der Waals surface area (Å²) >= 11 is 9.82. The maximum absolute atomic E-state index is 10.4. The first-order valence-corrected chi connectivity index (χ1v) is 4.50. The van der Waals surface area contributed by atoms with E-state index in [-0.39, 0.29) is 11.4 Å². The lowest BCUT2D eigenvalue weighted by atomic mass is 10.1. The molecule has 0 heterocycles. The van der Waals surface area contributed by atoms with E-state index in [2.05, 4.69) is 12.6 Å². The summed E-state index contributed by atoms with van der Waals surface area (Å²) in [7, 11) is 0. The molecule has 0 atom stereocenters. The summed E-state index contributed by atoms with van der Waals surface area (Å²) in [6, 6.07) is 4.83. The van der Waals surface area contributed by atoms with Crippen molar-refractivity contribution in [3.05, 3.63) is 28.3 Å². The van der Waals surface area contributed by atoms with Crippen molar-refractivity contribution in [2.75, 3.05) is 0 Å². The molecule has 0 aliphatic heterocycles. The molecule has 1 aromatic rings. The van der Waals surface area contributed by atoms with E-state index in [0.29, 0.717) is 16.0 Å². The zero-order valence-corrected chi connectivity index (χ0v) is 8.64. The van der Waals surface area contributed by atoms with Crippen LogP contribution in [0.15, 0.2) is 17.0 Å². The summed E-state index contributed by atoms with van der Waals surface area (Å²) in [5.41, 5.74) is 0.802. The summed E-state index contributed by atoms with van der Waals surface area (Å²) in [6.07, 6.45) is -0.169. The van der Waals surface area contributed by atoms with Crippen LogP contribution in [-0.2, 0) is 11.2 Å². The fourth-order valence-corrected chi connectivity index (χ4v) is 1.49. The van der Waals surface area contributed by atoms with Crippen LogP contribution in [-0.4, -0.2) is 11.1 Å². The average Bonchev–Trinajstić information content (AvgIpc) is 2.10. The average molecular weight is 228 g/mol. The van der Waals surface area contributed by atoms with E-state index in [1.165, 1.54) is 12.1 Å². The number of aliphatic carboxylic acids is 1. The van der Waals surface area contributed by atoms with E-state index < -0.39 is 5.97 Å². The number of halogens is 1. The number of benzene rings is 1. The van der Waals surface area contributed by atoms with Crippen molar-refractivity contribution in [1.82, 2.24) is 0 Å². The van der Waals surface area contributed by atoms with Gasteiger partial charge in [-0.05, 0) is 17.7 Å². The monoisotopic (exact) mass is 227 g/mol. The number of thiol groups is 1. The highest BCUT2D eigenvalue weighted by atomic mass is 35.5. The van der Waals surface area contributed by atoms with Crippen LogP contribution in [0.25, 0.3) is 0 Å². The van der Waals surface area contributed by atoms with Crippen molar-refractivity contribution in [2.24, 2.45) is 0 Å². The molecule has 0 fully saturated rings. The standard InChI is InChI=1S/C9H6ClNO2S/c10-7-1-6(4-11)8(14)2-5(7)3-9(12)13/h1-2,14H,3H2,(H,12,13). The number of hydrogen-bond donors (Lipinski definition) is 2. The van der Waals surface area contributed by atoms with Gasteiger partial charge in [-0.3, -0.25) is 4.79 Å². The fraction of sp³-hybridized carbons (Fsp3) is 0.111. The number of rotatable bonds is 2. The molecule has 3 nitrogen and oxygen atoms in total. The van der Waals surface area contributed by atoms with Crippen molar-refractivity contribution >= 4 is 30.2 Å². The molecule has 0 unspecified atom stereocenters. The lowest BCUT2D eigenvalue weighted by Gasteiger charge is -2.03. The van der Waals surface area contributed by atoms with E-state index in [1.807, 2.05) is 6.07 Å². The van der Waals surface area contributed by atoms with Crippen LogP contribution in [0.4, 0.5) is 0 Å². The lowest BCUT2D eigenvalue weighted by molar-refractivity contribution is -0.136. The van der Waals surface area contributed by atoms with E-state index in [0.717, 1.165) is 0 Å². The molecule has 5 heteroatoms. The topological polar surface area (TPSA) is 61.1 Å². The predicted octanol–water partition coefficient (Wildman–Crippen LogP) is 2.13. The third-order valence-electron chi connectivity index (χ3n) is 1.63. The van der Waals surface area contributed by atoms with Gasteiger partial charge >= 0.3 is 5.97 Å². The first-order valence-electron chi connectivity index (χ1n) is 3.68. The van der Waals surface area contributed by atoms with Gasteiger partial charge in [0, 0.05) is 9.92 Å². The zero-order chi connectivity index (χ0) is 10.7. The van der Waals surface area contributed by atoms with Gasteiger partial charge in [0.05, 0.1) is 12.0 Å². The van der Waals surface area contributed by atoms with Crippen molar-refractivity contribution in [3.8, 4) is 6.07 Å². The summed E-state index contributed by atoms with van der Waals surface area (Å²) in [6.45, 7) is 0. The maximum Gasteiger partial charge on any atom is 0.307 e. The number of carboxylic acid groups (broad SMARTS) is 1. The Hall–Kier alpha value is -1.18. The van der Waals surface area contributed by atoms with Crippen molar-refractivity contribution in [3.63, 3.8) is 0 Å². The Labute approximate surface area is 91.3 Å². The van der Waals surface area contributed by atoms with Crippen molar-refractivity contribution in [1.29, 1.82) is 5.26 Å². The van der Waals surface area contributed by atoms with Gasteiger partial charge in [-0.1, -0.05) is 11.6 Å². The Morgan fingerprint density at radius 3 is 2.79 bits per heavy atom. The summed E-state index contributed by atoms with van der Waals surface area (Å²) in [5.74, 6) is -0.968. The second-order valence-electron chi connectivity index (χ2n) is 2.64. The molecule has 14 heavy (non-hydrogen) atoms. The molecule has 1 rings (SSSR count). The predicted molar refractivity (Wildman–Crippen MR) is 54.8 cm³/mol. The first-order chi connectivity index (χ1) is 6.54. The zero-order valence-electron chi connectivity index (χ0n) is 6.99. The second kappa shape index (κ2) is 4.36. The Bertz CT molecular complexity index is 426. The molecule has 0 spiro atoms. The molecule has 0 amide bonds. The van der Waals surface area contributed by atoms with Crippen LogP contribution in [0.5, 0.6) is 0 Å². The van der Waals surface area contributed by atoms with Crippen LogP contribution in [0.1, 0.15) is 11.1 Å². The molecule has 0 aromatic heterocycles. The lowest BCUT2D eigenvalue weighted by Crippen LogP contribution is -2.01. The number of nitrogens with zero attached hydrogens (tertiary/aromatic N) is 1. The van der Waals surface area contributed by atoms with Gasteiger partial charge in [0.1, 0.15) is 6.07 Å². The van der Waals surface area contributed by atoms with Crippen molar-refractivity contribution < 1.29 is 9.90 Å². The normalized spacial score (nSPS) is 9.50. The molecule has 0 bridgehead atoms. The highest BCUT2D eigenvalue weighted by molar-refractivity contribution is 7.80. The molecule has 1 N–H and O–H groups in total. The molecule has 1 aromatic carbocycles.